The highest BCUT2D eigenvalue weighted by Gasteiger charge is 2.00. The van der Waals surface area contributed by atoms with Crippen LogP contribution in [0.3, 0.4) is 0 Å². The lowest BCUT2D eigenvalue weighted by Gasteiger charge is -2.05. The van der Waals surface area contributed by atoms with Gasteiger partial charge >= 0.3 is 0 Å². The lowest BCUT2D eigenvalue weighted by atomic mass is 10.0. The lowest BCUT2D eigenvalue weighted by molar-refractivity contribution is 0.504. The van der Waals surface area contributed by atoms with Gasteiger partial charge in [0.05, 0.1) is 0 Å². The van der Waals surface area contributed by atoms with Crippen LogP contribution in [-0.4, -0.2) is 0 Å². The van der Waals surface area contributed by atoms with Crippen molar-refractivity contribution in [3.63, 3.8) is 0 Å². The zero-order valence-electron chi connectivity index (χ0n) is 43.7. The van der Waals surface area contributed by atoms with Crippen LogP contribution in [0.1, 0.15) is 393 Å². The molecule has 0 radical (unpaired) electrons. The summed E-state index contributed by atoms with van der Waals surface area (Å²) < 4.78 is 0. The van der Waals surface area contributed by atoms with E-state index in [1.807, 2.05) is 0 Å². The Morgan fingerprint density at radius 1 is 0.115 bits per heavy atom. The molecular weight excluding hydrogens is 733 g/mol. The number of hydrogen-bond donors (Lipinski definition) is 0. The first-order valence-electron chi connectivity index (χ1n) is 30.4. The average Bonchev–Trinajstić information content (AvgIpc) is 3.23. The van der Waals surface area contributed by atoms with E-state index in [0.29, 0.717) is 0 Å². The maximum absolute atomic E-state index is 2.31. The zero-order valence-corrected chi connectivity index (χ0v) is 43.7. The van der Waals surface area contributed by atoms with Gasteiger partial charge in [-0.3, -0.25) is 0 Å². The molecule has 0 heterocycles. The maximum Gasteiger partial charge on any atom is -0.0533 e. The Labute approximate surface area is 391 Å². The molecule has 368 valence electrons. The predicted octanol–water partition coefficient (Wildman–Crippen LogP) is 24.0. The molecule has 0 heteroatoms. The van der Waals surface area contributed by atoms with E-state index in [1.54, 1.807) is 0 Å². The molecule has 0 atom stereocenters. The summed E-state index contributed by atoms with van der Waals surface area (Å²) in [6.45, 7) is 4.61. The smallest absolute Gasteiger partial charge is 0.0533 e. The molecule has 0 amide bonds. The Bertz CT molecular complexity index is 568. The Morgan fingerprint density at radius 3 is 0.246 bits per heavy atom. The summed E-state index contributed by atoms with van der Waals surface area (Å²) in [6, 6.07) is 0. The first kappa shape index (κ1) is 61.0. The second-order valence-electron chi connectivity index (χ2n) is 21.2. The quantitative estimate of drug-likeness (QED) is 0.0632. The van der Waals surface area contributed by atoms with Gasteiger partial charge in [0.1, 0.15) is 0 Å². The Hall–Kier alpha value is 0. The monoisotopic (exact) mass is 857 g/mol. The summed E-state index contributed by atoms with van der Waals surface area (Å²) in [6.07, 6.45) is 87.9. The molecule has 0 aromatic carbocycles. The molecule has 3 rings (SSSR count). The van der Waals surface area contributed by atoms with Crippen LogP contribution >= 0.6 is 0 Å². The second-order valence-corrected chi connectivity index (χ2v) is 21.2. The van der Waals surface area contributed by atoms with Gasteiger partial charge in [0.25, 0.3) is 0 Å². The van der Waals surface area contributed by atoms with Crippen molar-refractivity contribution < 1.29 is 0 Å². The van der Waals surface area contributed by atoms with Gasteiger partial charge in [-0.2, -0.15) is 0 Å². The largest absolute Gasteiger partial charge is 0.0654 e. The summed E-state index contributed by atoms with van der Waals surface area (Å²) in [5.41, 5.74) is 0. The summed E-state index contributed by atoms with van der Waals surface area (Å²) in [7, 11) is 0. The molecule has 3 fully saturated rings. The maximum atomic E-state index is 2.31. The van der Waals surface area contributed by atoms with Crippen LogP contribution in [0.2, 0.25) is 0 Å². The van der Waals surface area contributed by atoms with E-state index in [4.69, 9.17) is 0 Å². The fourth-order valence-electron chi connectivity index (χ4n) is 9.77. The first-order valence-corrected chi connectivity index (χ1v) is 30.4. The van der Waals surface area contributed by atoms with Crippen LogP contribution in [0.25, 0.3) is 0 Å². The molecule has 0 spiro atoms. The van der Waals surface area contributed by atoms with Crippen molar-refractivity contribution in [2.24, 2.45) is 0 Å². The van der Waals surface area contributed by atoms with E-state index in [0.717, 1.165) is 0 Å². The Morgan fingerprint density at radius 2 is 0.180 bits per heavy atom. The van der Waals surface area contributed by atoms with Crippen LogP contribution in [0.4, 0.5) is 0 Å². The molecule has 0 N–H and O–H groups in total. The Kier molecular flexibility index (Phi) is 60.0. The van der Waals surface area contributed by atoms with Crippen molar-refractivity contribution in [2.45, 2.75) is 393 Å². The van der Waals surface area contributed by atoms with Crippen LogP contribution in [0.5, 0.6) is 0 Å². The second kappa shape index (κ2) is 60.0. The third kappa shape index (κ3) is 60.0. The minimum absolute atomic E-state index is 1.37. The predicted molar refractivity (Wildman–Crippen MR) is 284 cm³/mol. The van der Waals surface area contributed by atoms with Gasteiger partial charge in [-0.25, -0.2) is 0 Å². The van der Waals surface area contributed by atoms with Crippen LogP contribution in [-0.2, 0) is 0 Å². The van der Waals surface area contributed by atoms with Crippen LogP contribution < -0.4 is 0 Å². The molecule has 0 unspecified atom stereocenters. The Balaban J connectivity index is 0.00000103. The highest BCUT2D eigenvalue weighted by molar-refractivity contribution is 4.55. The minimum atomic E-state index is 1.37. The van der Waals surface area contributed by atoms with E-state index in [9.17, 15) is 0 Å². The van der Waals surface area contributed by atoms with Crippen LogP contribution in [0, 0.1) is 0 Å². The average molecular weight is 858 g/mol. The highest BCUT2D eigenvalue weighted by Crippen LogP contribution is 2.19. The molecular formula is C61H124. The molecule has 0 aromatic rings. The number of rotatable bonds is 30. The molecule has 0 aromatic heterocycles. The standard InChI is InChI=1S/C33H68.C16H32.C8H16.C4H8/c1-3-5-7-9-11-13-15-17-19-21-23-25-27-29-31-33-32-30-28-26-24-22-20-18-16-14-12-10-8-6-4-2;1-2-4-6-8-10-12-14-16-15-13-11-9-7-5-3-1;1-2-4-6-8-7-5-3-1;1-2-4-3-1/h3-33H2,1-2H3;1-16H2;1-8H2;1-4H2. The lowest BCUT2D eigenvalue weighted by Crippen LogP contribution is -1.85. The zero-order chi connectivity index (χ0) is 43.7. The van der Waals surface area contributed by atoms with Gasteiger partial charge in [-0.05, 0) is 0 Å². The molecule has 3 aliphatic rings. The van der Waals surface area contributed by atoms with Gasteiger partial charge in [-0.1, -0.05) is 393 Å². The summed E-state index contributed by atoms with van der Waals surface area (Å²) in [5.74, 6) is 0. The molecule has 0 bridgehead atoms. The van der Waals surface area contributed by atoms with Gasteiger partial charge in [0.15, 0.2) is 0 Å². The molecule has 0 aliphatic heterocycles. The molecule has 0 saturated heterocycles. The fourth-order valence-corrected chi connectivity index (χ4v) is 9.77. The normalized spacial score (nSPS) is 17.2. The van der Waals surface area contributed by atoms with Crippen molar-refractivity contribution in [2.75, 3.05) is 0 Å². The van der Waals surface area contributed by atoms with Gasteiger partial charge in [0.2, 0.25) is 0 Å². The van der Waals surface area contributed by atoms with E-state index in [-0.39, 0.29) is 0 Å². The number of hydrogen-bond acceptors (Lipinski definition) is 0. The van der Waals surface area contributed by atoms with Crippen molar-refractivity contribution >= 4 is 0 Å². The topological polar surface area (TPSA) is 0 Å². The van der Waals surface area contributed by atoms with Crippen molar-refractivity contribution in [3.05, 3.63) is 0 Å². The number of unbranched alkanes of at least 4 members (excludes halogenated alkanes) is 30. The third-order valence-corrected chi connectivity index (χ3v) is 14.7. The summed E-state index contributed by atoms with van der Waals surface area (Å²) >= 11 is 0. The molecule has 61 heavy (non-hydrogen) atoms. The van der Waals surface area contributed by atoms with Gasteiger partial charge in [-0.15, -0.1) is 0 Å². The molecule has 0 nitrogen and oxygen atoms in total. The summed E-state index contributed by atoms with van der Waals surface area (Å²) in [4.78, 5) is 0. The first-order chi connectivity index (χ1) is 30.4. The van der Waals surface area contributed by atoms with E-state index in [1.165, 1.54) is 379 Å². The van der Waals surface area contributed by atoms with Crippen LogP contribution in [0.15, 0.2) is 0 Å². The third-order valence-electron chi connectivity index (χ3n) is 14.7. The molecule has 3 aliphatic carbocycles. The molecule has 3 saturated carbocycles. The minimum Gasteiger partial charge on any atom is -0.0654 e. The van der Waals surface area contributed by atoms with Crippen molar-refractivity contribution in [1.82, 2.24) is 0 Å². The van der Waals surface area contributed by atoms with E-state index >= 15 is 0 Å². The fraction of sp³-hybridized carbons (Fsp3) is 1.00. The van der Waals surface area contributed by atoms with Crippen molar-refractivity contribution in [3.8, 4) is 0 Å². The van der Waals surface area contributed by atoms with Crippen molar-refractivity contribution in [1.29, 1.82) is 0 Å². The van der Waals surface area contributed by atoms with E-state index < -0.39 is 0 Å². The SMILES string of the molecule is C1CCC1.C1CCCCCCC1.C1CCCCCCCCCCCCCCC1.CCCCCCCCCCCCCCCCCCCCCCCCCCCCCCCCC. The van der Waals surface area contributed by atoms with E-state index in [2.05, 4.69) is 13.8 Å². The van der Waals surface area contributed by atoms with Gasteiger partial charge < -0.3 is 0 Å². The highest BCUT2D eigenvalue weighted by atomic mass is 14.1. The summed E-state index contributed by atoms with van der Waals surface area (Å²) in [5, 5.41) is 0. The van der Waals surface area contributed by atoms with Gasteiger partial charge in [0, 0.05) is 0 Å².